The fourth-order valence-electron chi connectivity index (χ4n) is 6.14. The van der Waals surface area contributed by atoms with Gasteiger partial charge in [0.25, 0.3) is 11.1 Å². The third kappa shape index (κ3) is 16.7. The van der Waals surface area contributed by atoms with Crippen molar-refractivity contribution in [2.24, 2.45) is 11.8 Å². The molecule has 17 nitrogen and oxygen atoms in total. The average molecular weight is 873 g/mol. The average Bonchev–Trinajstić information content (AvgIpc) is 3.21. The molecular formula is C41H42K2N6O11. The Hall–Kier alpha value is -3.58. The molecule has 0 aliphatic carbocycles. The molecule has 6 rings (SSSR count). The van der Waals surface area contributed by atoms with E-state index in [0.29, 0.717) is 47.5 Å². The summed E-state index contributed by atoms with van der Waals surface area (Å²) in [5.41, 5.74) is 2.44. The Balaban J connectivity index is 0.000000368. The van der Waals surface area contributed by atoms with E-state index in [1.807, 2.05) is 60.7 Å². The number of benzene rings is 4. The molecule has 2 aromatic heterocycles. The van der Waals surface area contributed by atoms with Gasteiger partial charge in [0.2, 0.25) is 0 Å². The normalized spacial score (nSPS) is 12.4. The quantitative estimate of drug-likeness (QED) is 0.0666. The number of aromatic nitrogens is 6. The molecule has 0 radical (unpaired) electrons. The van der Waals surface area contributed by atoms with Crippen LogP contribution in [0, 0.1) is 11.8 Å². The fraction of sp³-hybridized carbons (Fsp3) is 0.293. The van der Waals surface area contributed by atoms with Crippen LogP contribution in [0.15, 0.2) is 119 Å². The summed E-state index contributed by atoms with van der Waals surface area (Å²) < 4.78 is 2.31. The molecule has 0 saturated carbocycles. The number of aryl methyl sites for hydroxylation is 4. The van der Waals surface area contributed by atoms with Crippen LogP contribution < -0.4 is 124 Å². The number of aliphatic carboxylic acids is 2. The third-order valence-corrected chi connectivity index (χ3v) is 9.27. The zero-order chi connectivity index (χ0) is 42.0. The SMILES string of the molecule is O=C(O)[C@@H](CCn1nnc2ccccc2c1=O)[C@H](O)CCc1ccccc1.O=C(O)[C@@H](CCn1nnc2ccccc2c1=O)[C@H](O)CCc1ccccc1.O=C([O-])[O-].[K+].[K+]. The van der Waals surface area contributed by atoms with Crippen molar-refractivity contribution in [1.29, 1.82) is 0 Å². The van der Waals surface area contributed by atoms with Gasteiger partial charge in [-0.3, -0.25) is 19.2 Å². The van der Waals surface area contributed by atoms with E-state index in [9.17, 15) is 39.6 Å². The summed E-state index contributed by atoms with van der Waals surface area (Å²) in [7, 11) is 0. The molecule has 0 amide bonds. The maximum absolute atomic E-state index is 12.4. The predicted molar refractivity (Wildman–Crippen MR) is 206 cm³/mol. The van der Waals surface area contributed by atoms with E-state index in [1.54, 1.807) is 48.5 Å². The van der Waals surface area contributed by atoms with Crippen LogP contribution in [0.2, 0.25) is 0 Å². The molecule has 0 aliphatic rings. The monoisotopic (exact) mass is 872 g/mol. The van der Waals surface area contributed by atoms with Crippen molar-refractivity contribution in [2.75, 3.05) is 0 Å². The topological polar surface area (TPSA) is 274 Å². The van der Waals surface area contributed by atoms with Crippen molar-refractivity contribution < 1.29 is 148 Å². The fourth-order valence-corrected chi connectivity index (χ4v) is 6.14. The molecule has 0 aliphatic heterocycles. The molecule has 4 N–H and O–H groups in total. The summed E-state index contributed by atoms with van der Waals surface area (Å²) in [6.07, 6.45) is -2.32. The Labute approximate surface area is 428 Å². The summed E-state index contributed by atoms with van der Waals surface area (Å²) in [6, 6.07) is 32.9. The van der Waals surface area contributed by atoms with Crippen molar-refractivity contribution >= 4 is 39.9 Å². The van der Waals surface area contributed by atoms with Crippen molar-refractivity contribution in [3.8, 4) is 0 Å². The molecule has 4 atom stereocenters. The Kier molecular flexibility index (Phi) is 24.0. The van der Waals surface area contributed by atoms with Crippen LogP contribution in [0.3, 0.4) is 0 Å². The Morgan fingerprint density at radius 3 is 1.18 bits per heavy atom. The summed E-state index contributed by atoms with van der Waals surface area (Å²) in [5.74, 6) is -4.13. The number of fused-ring (bicyclic) bond motifs is 2. The first-order chi connectivity index (χ1) is 27.8. The van der Waals surface area contributed by atoms with Gasteiger partial charge in [-0.05, 0) is 80.1 Å². The molecule has 4 aromatic carbocycles. The molecule has 304 valence electrons. The Morgan fingerprint density at radius 1 is 0.533 bits per heavy atom. The minimum atomic E-state index is -2.33. The van der Waals surface area contributed by atoms with Crippen LogP contribution in [0.25, 0.3) is 21.8 Å². The van der Waals surface area contributed by atoms with Gasteiger partial charge >= 0.3 is 115 Å². The van der Waals surface area contributed by atoms with E-state index >= 15 is 0 Å². The molecular weight excluding hydrogens is 831 g/mol. The summed E-state index contributed by atoms with van der Waals surface area (Å²) >= 11 is 0. The van der Waals surface area contributed by atoms with Gasteiger partial charge in [-0.2, -0.15) is 0 Å². The third-order valence-electron chi connectivity index (χ3n) is 9.27. The number of hydrogen-bond acceptors (Lipinski definition) is 13. The number of aliphatic hydroxyl groups is 2. The number of carboxylic acid groups (broad SMARTS) is 4. The van der Waals surface area contributed by atoms with Gasteiger partial charge in [-0.1, -0.05) is 95.4 Å². The minimum absolute atomic E-state index is 0. The Morgan fingerprint density at radius 2 is 0.850 bits per heavy atom. The van der Waals surface area contributed by atoms with Crippen LogP contribution >= 0.6 is 0 Å². The van der Waals surface area contributed by atoms with Gasteiger partial charge in [0, 0.05) is 13.1 Å². The van der Waals surface area contributed by atoms with Crippen LogP contribution in [0.4, 0.5) is 4.79 Å². The van der Waals surface area contributed by atoms with Gasteiger partial charge < -0.3 is 35.4 Å². The second-order valence-electron chi connectivity index (χ2n) is 13.2. The second kappa shape index (κ2) is 27.4. The molecule has 60 heavy (non-hydrogen) atoms. The van der Waals surface area contributed by atoms with Crippen molar-refractivity contribution in [3.63, 3.8) is 0 Å². The minimum Gasteiger partial charge on any atom is -0.652 e. The number of nitrogens with zero attached hydrogens (tertiary/aromatic N) is 6. The largest absolute Gasteiger partial charge is 1.00 e. The molecule has 19 heteroatoms. The summed E-state index contributed by atoms with van der Waals surface area (Å²) in [5, 5.41) is 72.9. The molecule has 0 unspecified atom stereocenters. The van der Waals surface area contributed by atoms with Crippen LogP contribution in [0.5, 0.6) is 0 Å². The van der Waals surface area contributed by atoms with E-state index < -0.39 is 42.1 Å². The molecule has 6 aromatic rings. The van der Waals surface area contributed by atoms with E-state index in [1.165, 1.54) is 0 Å². The van der Waals surface area contributed by atoms with E-state index in [4.69, 9.17) is 15.0 Å². The van der Waals surface area contributed by atoms with Crippen molar-refractivity contribution in [1.82, 2.24) is 30.0 Å². The molecule has 0 spiro atoms. The zero-order valence-electron chi connectivity index (χ0n) is 33.2. The van der Waals surface area contributed by atoms with Gasteiger partial charge in [-0.25, -0.2) is 9.36 Å². The number of aliphatic hydroxyl groups excluding tert-OH is 2. The standard InChI is InChI=1S/2C20H21N3O4.CH2O3.2K/c2*24-18(11-10-14-6-2-1-3-7-14)16(20(26)27)12-13-23-19(25)15-8-4-5-9-17(15)21-22-23;2-1(3)4;;/h2*1-9,16,18,24H,10-13H2,(H,26,27);(H2,2,3,4);;/q;;;2*+1/p-2/t2*16-,18+;;;/m00.../s1. The number of carbonyl (C=O) groups excluding carboxylic acids is 1. The van der Waals surface area contributed by atoms with Crippen molar-refractivity contribution in [3.05, 3.63) is 141 Å². The second-order valence-corrected chi connectivity index (χ2v) is 13.2. The molecule has 0 saturated heterocycles. The van der Waals surface area contributed by atoms with Crippen molar-refractivity contribution in [2.45, 2.75) is 63.8 Å². The maximum Gasteiger partial charge on any atom is 1.00 e. The first-order valence-electron chi connectivity index (χ1n) is 18.3. The number of carboxylic acids is 2. The van der Waals surface area contributed by atoms with Gasteiger partial charge in [0.15, 0.2) is 0 Å². The maximum atomic E-state index is 12.4. The Bertz CT molecular complexity index is 2220. The zero-order valence-corrected chi connectivity index (χ0v) is 39.4. The van der Waals surface area contributed by atoms with Gasteiger partial charge in [0.05, 0.1) is 34.8 Å². The van der Waals surface area contributed by atoms with E-state index in [2.05, 4.69) is 20.6 Å². The smallest absolute Gasteiger partial charge is 0.652 e. The number of carbonyl (C=O) groups is 3. The summed E-state index contributed by atoms with van der Waals surface area (Å²) in [4.78, 5) is 56.4. The predicted octanol–water partition coefficient (Wildman–Crippen LogP) is -4.69. The van der Waals surface area contributed by atoms with Crippen LogP contribution in [0.1, 0.15) is 36.8 Å². The number of rotatable bonds is 16. The van der Waals surface area contributed by atoms with E-state index in [-0.39, 0.29) is 140 Å². The van der Waals surface area contributed by atoms with E-state index in [0.717, 1.165) is 20.5 Å². The molecule has 0 bridgehead atoms. The summed E-state index contributed by atoms with van der Waals surface area (Å²) in [6.45, 7) is 0.159. The first-order valence-corrected chi connectivity index (χ1v) is 18.3. The first kappa shape index (κ1) is 52.6. The molecule has 2 heterocycles. The number of hydrogen-bond donors (Lipinski definition) is 4. The van der Waals surface area contributed by atoms with Crippen LogP contribution in [-0.2, 0) is 35.5 Å². The van der Waals surface area contributed by atoms with Gasteiger partial charge in [-0.15, -0.1) is 10.2 Å². The van der Waals surface area contributed by atoms with Gasteiger partial charge in [0.1, 0.15) is 11.0 Å². The molecule has 0 fully saturated rings. The van der Waals surface area contributed by atoms with Crippen LogP contribution in [-0.4, -0.2) is 80.7 Å².